The first-order valence-electron chi connectivity index (χ1n) is 13.3. The molecule has 182 valence electrons. The molecule has 2 nitrogen and oxygen atoms in total. The Hall–Kier alpha value is -4.86. The van der Waals surface area contributed by atoms with E-state index in [0.717, 1.165) is 0 Å². The number of hydrogen-bond donors (Lipinski definition) is 0. The lowest BCUT2D eigenvalue weighted by atomic mass is 10.1. The van der Waals surface area contributed by atoms with E-state index in [0.29, 0.717) is 0 Å². The van der Waals surface area contributed by atoms with Crippen molar-refractivity contribution in [2.24, 2.45) is 0 Å². The molecule has 3 heteroatoms. The average molecular weight is 515 g/mol. The van der Waals surface area contributed by atoms with Crippen molar-refractivity contribution in [2.75, 3.05) is 0 Å². The summed E-state index contributed by atoms with van der Waals surface area (Å²) >= 11 is 1.89. The van der Waals surface area contributed by atoms with Gasteiger partial charge in [-0.05, 0) is 42.5 Å². The van der Waals surface area contributed by atoms with Gasteiger partial charge >= 0.3 is 0 Å². The highest BCUT2D eigenvalue weighted by Gasteiger charge is 2.22. The lowest BCUT2D eigenvalue weighted by molar-refractivity contribution is 1.18. The molecule has 0 aliphatic heterocycles. The van der Waals surface area contributed by atoms with E-state index in [-0.39, 0.29) is 0 Å². The summed E-state index contributed by atoms with van der Waals surface area (Å²) in [4.78, 5) is 0. The van der Waals surface area contributed by atoms with Crippen LogP contribution in [0.25, 0.3) is 75.2 Å². The molecule has 0 aliphatic carbocycles. The van der Waals surface area contributed by atoms with Crippen LogP contribution in [0.1, 0.15) is 0 Å². The highest BCUT2D eigenvalue weighted by Crippen LogP contribution is 2.44. The van der Waals surface area contributed by atoms with Crippen LogP contribution in [0.3, 0.4) is 0 Å². The third-order valence-electron chi connectivity index (χ3n) is 8.11. The number of aromatic nitrogens is 2. The molecule has 0 unspecified atom stereocenters. The summed E-state index contributed by atoms with van der Waals surface area (Å²) in [6, 6.07) is 48.6. The molecule has 0 N–H and O–H groups in total. The number of nitrogens with zero attached hydrogens (tertiary/aromatic N) is 2. The molecule has 0 aliphatic rings. The highest BCUT2D eigenvalue weighted by molar-refractivity contribution is 7.26. The van der Waals surface area contributed by atoms with Crippen LogP contribution in [-0.2, 0) is 0 Å². The summed E-state index contributed by atoms with van der Waals surface area (Å²) in [5.74, 6) is 0. The summed E-state index contributed by atoms with van der Waals surface area (Å²) in [6.07, 6.45) is 0. The quantitative estimate of drug-likeness (QED) is 0.217. The second-order valence-corrected chi connectivity index (χ2v) is 11.2. The molecule has 0 fully saturated rings. The van der Waals surface area contributed by atoms with Crippen molar-refractivity contribution in [3.8, 4) is 11.4 Å². The minimum Gasteiger partial charge on any atom is -0.309 e. The molecule has 3 aromatic heterocycles. The van der Waals surface area contributed by atoms with Gasteiger partial charge in [0.2, 0.25) is 0 Å². The average Bonchev–Trinajstić information content (AvgIpc) is 3.65. The van der Waals surface area contributed by atoms with Crippen LogP contribution in [0, 0.1) is 0 Å². The van der Waals surface area contributed by atoms with Gasteiger partial charge in [0.1, 0.15) is 0 Å². The minimum absolute atomic E-state index is 1.18. The van der Waals surface area contributed by atoms with Crippen molar-refractivity contribution in [3.63, 3.8) is 0 Å². The van der Waals surface area contributed by atoms with Crippen LogP contribution >= 0.6 is 11.3 Å². The molecule has 9 aromatic rings. The zero-order chi connectivity index (χ0) is 25.5. The molecular formula is C36H22N2S. The van der Waals surface area contributed by atoms with E-state index in [4.69, 9.17) is 0 Å². The van der Waals surface area contributed by atoms with E-state index < -0.39 is 0 Å². The molecule has 0 saturated carbocycles. The maximum Gasteiger partial charge on any atom is 0.0641 e. The molecule has 9 rings (SSSR count). The Bertz CT molecular complexity index is 2390. The highest BCUT2D eigenvalue weighted by atomic mass is 32.1. The fraction of sp³-hybridized carbons (Fsp3) is 0. The Morgan fingerprint density at radius 2 is 1.08 bits per heavy atom. The Kier molecular flexibility index (Phi) is 4.24. The Labute approximate surface area is 228 Å². The van der Waals surface area contributed by atoms with Gasteiger partial charge in [-0.1, -0.05) is 91.0 Å². The second kappa shape index (κ2) is 7.83. The molecule has 39 heavy (non-hydrogen) atoms. The first-order chi connectivity index (χ1) is 19.4. The first kappa shape index (κ1) is 21.1. The third kappa shape index (κ3) is 2.80. The van der Waals surface area contributed by atoms with Crippen LogP contribution in [0.15, 0.2) is 133 Å². The van der Waals surface area contributed by atoms with E-state index in [2.05, 4.69) is 143 Å². The summed E-state index contributed by atoms with van der Waals surface area (Å²) in [6.45, 7) is 0. The van der Waals surface area contributed by atoms with Crippen molar-refractivity contribution in [2.45, 2.75) is 0 Å². The van der Waals surface area contributed by atoms with Crippen LogP contribution in [0.2, 0.25) is 0 Å². The molecule has 0 saturated heterocycles. The van der Waals surface area contributed by atoms with Crippen molar-refractivity contribution in [3.05, 3.63) is 133 Å². The molecule has 0 radical (unpaired) electrons. The monoisotopic (exact) mass is 514 g/mol. The molecule has 6 aromatic carbocycles. The normalized spacial score (nSPS) is 12.1. The lowest BCUT2D eigenvalue weighted by Gasteiger charge is -2.11. The molecule has 0 atom stereocenters. The van der Waals surface area contributed by atoms with E-state index in [1.54, 1.807) is 0 Å². The lowest BCUT2D eigenvalue weighted by Crippen LogP contribution is -1.95. The van der Waals surface area contributed by atoms with Gasteiger partial charge in [-0.25, -0.2) is 0 Å². The summed E-state index contributed by atoms with van der Waals surface area (Å²) < 4.78 is 7.58. The molecule has 0 amide bonds. The maximum absolute atomic E-state index is 2.52. The van der Waals surface area contributed by atoms with E-state index in [9.17, 15) is 0 Å². The van der Waals surface area contributed by atoms with Gasteiger partial charge in [0, 0.05) is 42.7 Å². The number of benzene rings is 6. The second-order valence-electron chi connectivity index (χ2n) is 10.1. The van der Waals surface area contributed by atoms with Crippen LogP contribution < -0.4 is 0 Å². The van der Waals surface area contributed by atoms with Gasteiger partial charge in [-0.3, -0.25) is 0 Å². The number of rotatable bonds is 2. The van der Waals surface area contributed by atoms with Gasteiger partial charge in [0.25, 0.3) is 0 Å². The first-order valence-corrected chi connectivity index (χ1v) is 14.1. The van der Waals surface area contributed by atoms with E-state index in [1.807, 2.05) is 11.3 Å². The molecule has 0 spiro atoms. The number of thiophene rings is 1. The summed E-state index contributed by atoms with van der Waals surface area (Å²) in [7, 11) is 0. The van der Waals surface area contributed by atoms with Crippen LogP contribution in [0.5, 0.6) is 0 Å². The van der Waals surface area contributed by atoms with Crippen LogP contribution in [0.4, 0.5) is 0 Å². The van der Waals surface area contributed by atoms with E-state index in [1.165, 1.54) is 75.2 Å². The smallest absolute Gasteiger partial charge is 0.0641 e. The number of hydrogen-bond acceptors (Lipinski definition) is 1. The van der Waals surface area contributed by atoms with Crippen molar-refractivity contribution in [1.82, 2.24) is 9.13 Å². The standard InChI is InChI=1S/C36H22N2S/c1-2-11-23(12-3-1)37-30-18-8-5-15-28(30)34-31(37)22-21-26-24-13-4-7-17-29(24)38(35(26)34)32-19-10-16-27-25-14-6-9-20-33(25)39-36(27)32/h1-22H. The zero-order valence-electron chi connectivity index (χ0n) is 21.0. The predicted octanol–water partition coefficient (Wildman–Crippen LogP) is 10.2. The fourth-order valence-electron chi connectivity index (χ4n) is 6.52. The minimum atomic E-state index is 1.18. The maximum atomic E-state index is 2.52. The van der Waals surface area contributed by atoms with Crippen molar-refractivity contribution in [1.29, 1.82) is 0 Å². The molecular weight excluding hydrogens is 492 g/mol. The van der Waals surface area contributed by atoms with E-state index >= 15 is 0 Å². The Morgan fingerprint density at radius 1 is 0.410 bits per heavy atom. The molecule has 3 heterocycles. The zero-order valence-corrected chi connectivity index (χ0v) is 21.8. The van der Waals surface area contributed by atoms with Crippen molar-refractivity contribution < 1.29 is 0 Å². The molecule has 0 bridgehead atoms. The third-order valence-corrected chi connectivity index (χ3v) is 9.32. The number of para-hydroxylation sites is 3. The largest absolute Gasteiger partial charge is 0.309 e. The SMILES string of the molecule is c1ccc(-n2c3ccccc3c3c2ccc2c4ccccc4n(-c4cccc5c4sc4ccccc45)c23)cc1. The van der Waals surface area contributed by atoms with Crippen LogP contribution in [-0.4, -0.2) is 9.13 Å². The Balaban J connectivity index is 1.54. The van der Waals surface area contributed by atoms with Gasteiger partial charge in [-0.2, -0.15) is 0 Å². The Morgan fingerprint density at radius 3 is 1.92 bits per heavy atom. The van der Waals surface area contributed by atoms with Crippen molar-refractivity contribution >= 4 is 75.1 Å². The summed E-state index contributed by atoms with van der Waals surface area (Å²) in [5.41, 5.74) is 7.37. The van der Waals surface area contributed by atoms with Gasteiger partial charge < -0.3 is 9.13 Å². The van der Waals surface area contributed by atoms with Gasteiger partial charge in [0.05, 0.1) is 32.5 Å². The topological polar surface area (TPSA) is 9.86 Å². The van der Waals surface area contributed by atoms with Gasteiger partial charge in [-0.15, -0.1) is 11.3 Å². The predicted molar refractivity (Wildman–Crippen MR) is 168 cm³/mol. The fourth-order valence-corrected chi connectivity index (χ4v) is 7.73. The summed E-state index contributed by atoms with van der Waals surface area (Å²) in [5, 5.41) is 7.77. The number of fused-ring (bicyclic) bond motifs is 10. The van der Waals surface area contributed by atoms with Gasteiger partial charge in [0.15, 0.2) is 0 Å².